The van der Waals surface area contributed by atoms with E-state index in [1.165, 1.54) is 24.4 Å². The molecule has 1 heterocycles. The van der Waals surface area contributed by atoms with Gasteiger partial charge in [-0.3, -0.25) is 9.54 Å². The molecule has 2 rings (SSSR count). The Labute approximate surface area is 90.7 Å². The number of rotatable bonds is 2. The molecule has 0 amide bonds. The first kappa shape index (κ1) is 10.7. The molecule has 0 saturated heterocycles. The summed E-state index contributed by atoms with van der Waals surface area (Å²) in [5.41, 5.74) is 0.177. The molecule has 0 fully saturated rings. The maximum atomic E-state index is 11.1. The summed E-state index contributed by atoms with van der Waals surface area (Å²) in [5, 5.41) is 2.90. The van der Waals surface area contributed by atoms with Gasteiger partial charge >= 0.3 is 0 Å². The minimum Gasteiger partial charge on any atom is -0.282 e. The van der Waals surface area contributed by atoms with Gasteiger partial charge < -0.3 is 0 Å². The normalized spacial score (nSPS) is 11.6. The van der Waals surface area contributed by atoms with Crippen molar-refractivity contribution >= 4 is 26.7 Å². The molecule has 0 bridgehead atoms. The van der Waals surface area contributed by atoms with Crippen LogP contribution in [0.2, 0.25) is 0 Å². The molecule has 82 valence electrons. The van der Waals surface area contributed by atoms with Gasteiger partial charge in [-0.1, -0.05) is 0 Å². The summed E-state index contributed by atoms with van der Waals surface area (Å²) < 4.78 is 31.1. The maximum Gasteiger partial charge on any atom is 0.295 e. The van der Waals surface area contributed by atoms with Crippen LogP contribution in [-0.4, -0.2) is 18.0 Å². The number of hydrogen-bond donors (Lipinski definition) is 1. The van der Waals surface area contributed by atoms with Gasteiger partial charge in [-0.25, -0.2) is 0 Å². The topological polar surface area (TPSA) is 96.7 Å². The van der Waals surface area contributed by atoms with Gasteiger partial charge in [0.05, 0.1) is 0 Å². The Hall–Kier alpha value is -1.86. The van der Waals surface area contributed by atoms with Gasteiger partial charge in [-0.15, -0.1) is 4.91 Å². The van der Waals surface area contributed by atoms with Crippen molar-refractivity contribution in [2.45, 2.75) is 4.90 Å². The van der Waals surface area contributed by atoms with E-state index in [1.807, 2.05) is 0 Å². The smallest absolute Gasteiger partial charge is 0.282 e. The summed E-state index contributed by atoms with van der Waals surface area (Å²) in [7, 11) is -4.34. The predicted molar refractivity (Wildman–Crippen MR) is 57.0 cm³/mol. The highest BCUT2D eigenvalue weighted by Gasteiger charge is 2.16. The Balaban J connectivity index is 2.96. The molecule has 0 spiro atoms. The minimum absolute atomic E-state index is 0.0306. The average molecular weight is 238 g/mol. The van der Waals surface area contributed by atoms with E-state index in [1.54, 1.807) is 0 Å². The summed E-state index contributed by atoms with van der Waals surface area (Å²) in [6, 6.07) is 5.27. The third-order valence-corrected chi connectivity index (χ3v) is 3.00. The quantitative estimate of drug-likeness (QED) is 0.636. The fraction of sp³-hybridized carbons (Fsp3) is 0. The van der Waals surface area contributed by atoms with E-state index >= 15 is 0 Å². The zero-order valence-electron chi connectivity index (χ0n) is 7.86. The van der Waals surface area contributed by atoms with E-state index in [0.717, 1.165) is 6.07 Å². The maximum absolute atomic E-state index is 11.1. The van der Waals surface area contributed by atoms with E-state index in [0.29, 0.717) is 0 Å². The highest BCUT2D eigenvalue weighted by molar-refractivity contribution is 7.86. The van der Waals surface area contributed by atoms with Crippen LogP contribution in [0.1, 0.15) is 0 Å². The Bertz CT molecular complexity index is 666. The first-order chi connectivity index (χ1) is 7.54. The van der Waals surface area contributed by atoms with E-state index in [9.17, 15) is 13.3 Å². The van der Waals surface area contributed by atoms with Crippen molar-refractivity contribution in [3.05, 3.63) is 35.4 Å². The van der Waals surface area contributed by atoms with E-state index in [-0.39, 0.29) is 21.5 Å². The molecule has 2 aromatic rings. The molecule has 0 unspecified atom stereocenters. The van der Waals surface area contributed by atoms with E-state index in [2.05, 4.69) is 10.2 Å². The summed E-state index contributed by atoms with van der Waals surface area (Å²) in [5.74, 6) is 0. The standard InChI is InChI=1S/C9H6N2O4S/c12-11-7-3-4-8(16(13,14)15)6-2-1-5-10-9(6)7/h1-5H,(H,13,14,15). The number of hydrogen-bond acceptors (Lipinski definition) is 5. The van der Waals surface area contributed by atoms with Crippen molar-refractivity contribution in [3.63, 3.8) is 0 Å². The second-order valence-electron chi connectivity index (χ2n) is 3.05. The summed E-state index contributed by atoms with van der Waals surface area (Å²) in [6.45, 7) is 0. The Kier molecular flexibility index (Phi) is 2.41. The molecular formula is C9H6N2O4S. The third kappa shape index (κ3) is 1.66. The van der Waals surface area contributed by atoms with Crippen molar-refractivity contribution in [2.24, 2.45) is 5.18 Å². The number of nitroso groups, excluding NO2 is 1. The minimum atomic E-state index is -4.34. The van der Waals surface area contributed by atoms with Crippen LogP contribution in [0.4, 0.5) is 5.69 Å². The number of nitrogens with zero attached hydrogens (tertiary/aromatic N) is 2. The highest BCUT2D eigenvalue weighted by Crippen LogP contribution is 2.29. The molecule has 0 aliphatic carbocycles. The Morgan fingerprint density at radius 2 is 2.00 bits per heavy atom. The first-order valence-corrected chi connectivity index (χ1v) is 5.66. The number of fused-ring (bicyclic) bond motifs is 1. The molecule has 0 saturated carbocycles. The van der Waals surface area contributed by atoms with Gasteiger partial charge in [0.1, 0.15) is 16.1 Å². The SMILES string of the molecule is O=Nc1ccc(S(=O)(=O)O)c2cccnc12. The molecule has 0 radical (unpaired) electrons. The Morgan fingerprint density at radius 1 is 1.25 bits per heavy atom. The van der Waals surface area contributed by atoms with E-state index < -0.39 is 10.1 Å². The fourth-order valence-corrected chi connectivity index (χ4v) is 2.11. The van der Waals surface area contributed by atoms with Crippen molar-refractivity contribution in [1.82, 2.24) is 4.98 Å². The molecule has 0 aliphatic rings. The van der Waals surface area contributed by atoms with Crippen LogP contribution in [0.25, 0.3) is 10.9 Å². The molecule has 16 heavy (non-hydrogen) atoms. The van der Waals surface area contributed by atoms with Crippen molar-refractivity contribution in [3.8, 4) is 0 Å². The van der Waals surface area contributed by atoms with Crippen LogP contribution in [0.5, 0.6) is 0 Å². The molecule has 1 aromatic heterocycles. The van der Waals surface area contributed by atoms with Crippen molar-refractivity contribution in [2.75, 3.05) is 0 Å². The predicted octanol–water partition coefficient (Wildman–Crippen LogP) is 1.88. The monoisotopic (exact) mass is 238 g/mol. The molecule has 1 N–H and O–H groups in total. The lowest BCUT2D eigenvalue weighted by atomic mass is 10.2. The largest absolute Gasteiger partial charge is 0.295 e. The zero-order chi connectivity index (χ0) is 11.8. The van der Waals surface area contributed by atoms with Crippen LogP contribution in [0.15, 0.2) is 40.5 Å². The molecule has 7 heteroatoms. The van der Waals surface area contributed by atoms with Crippen LogP contribution >= 0.6 is 0 Å². The summed E-state index contributed by atoms with van der Waals surface area (Å²) >= 11 is 0. The average Bonchev–Trinajstić information content (AvgIpc) is 2.26. The number of benzene rings is 1. The second-order valence-corrected chi connectivity index (χ2v) is 4.44. The molecule has 0 atom stereocenters. The van der Waals surface area contributed by atoms with Gasteiger partial charge in [0.25, 0.3) is 10.1 Å². The Morgan fingerprint density at radius 3 is 2.62 bits per heavy atom. The van der Waals surface area contributed by atoms with E-state index in [4.69, 9.17) is 4.55 Å². The molecule has 0 aliphatic heterocycles. The van der Waals surface area contributed by atoms with Gasteiger partial charge in [0, 0.05) is 11.6 Å². The lowest BCUT2D eigenvalue weighted by Gasteiger charge is -2.03. The lowest BCUT2D eigenvalue weighted by Crippen LogP contribution is -1.99. The lowest BCUT2D eigenvalue weighted by molar-refractivity contribution is 0.484. The van der Waals surface area contributed by atoms with Gasteiger partial charge in [-0.05, 0) is 29.4 Å². The van der Waals surface area contributed by atoms with Crippen molar-refractivity contribution in [1.29, 1.82) is 0 Å². The van der Waals surface area contributed by atoms with Crippen LogP contribution in [-0.2, 0) is 10.1 Å². The van der Waals surface area contributed by atoms with Gasteiger partial charge in [0.2, 0.25) is 0 Å². The molecular weight excluding hydrogens is 232 g/mol. The third-order valence-electron chi connectivity index (χ3n) is 2.08. The molecule has 6 nitrogen and oxygen atoms in total. The fourth-order valence-electron chi connectivity index (χ4n) is 1.43. The van der Waals surface area contributed by atoms with Crippen LogP contribution in [0.3, 0.4) is 0 Å². The van der Waals surface area contributed by atoms with Crippen molar-refractivity contribution < 1.29 is 13.0 Å². The number of pyridine rings is 1. The summed E-state index contributed by atoms with van der Waals surface area (Å²) in [4.78, 5) is 14.0. The van der Waals surface area contributed by atoms with Crippen LogP contribution in [0, 0.1) is 4.91 Å². The second kappa shape index (κ2) is 3.62. The van der Waals surface area contributed by atoms with Gasteiger partial charge in [0.15, 0.2) is 0 Å². The summed E-state index contributed by atoms with van der Waals surface area (Å²) in [6.07, 6.45) is 1.41. The van der Waals surface area contributed by atoms with Gasteiger partial charge in [-0.2, -0.15) is 8.42 Å². The molecule has 1 aromatic carbocycles. The highest BCUT2D eigenvalue weighted by atomic mass is 32.2. The van der Waals surface area contributed by atoms with Crippen LogP contribution < -0.4 is 0 Å². The zero-order valence-corrected chi connectivity index (χ0v) is 8.68. The number of aromatic nitrogens is 1. The first-order valence-electron chi connectivity index (χ1n) is 4.22.